The van der Waals surface area contributed by atoms with E-state index in [2.05, 4.69) is 10.6 Å². The third-order valence-electron chi connectivity index (χ3n) is 5.21. The third kappa shape index (κ3) is 3.67. The maximum Gasteiger partial charge on any atom is 0.310 e. The highest BCUT2D eigenvalue weighted by molar-refractivity contribution is 5.75. The van der Waals surface area contributed by atoms with Gasteiger partial charge in [-0.2, -0.15) is 5.26 Å². The van der Waals surface area contributed by atoms with Gasteiger partial charge in [0.1, 0.15) is 17.3 Å². The van der Waals surface area contributed by atoms with Gasteiger partial charge in [0.25, 0.3) is 0 Å². The molecule has 25 heavy (non-hydrogen) atoms. The van der Waals surface area contributed by atoms with E-state index in [-0.39, 0.29) is 23.5 Å². The molecule has 0 aliphatic heterocycles. The number of anilines is 2. The molecule has 2 fully saturated rings. The van der Waals surface area contributed by atoms with Gasteiger partial charge in [-0.1, -0.05) is 0 Å². The van der Waals surface area contributed by atoms with Crippen LogP contribution in [0.3, 0.4) is 0 Å². The van der Waals surface area contributed by atoms with Crippen LogP contribution in [0.15, 0.2) is 12.1 Å². The summed E-state index contributed by atoms with van der Waals surface area (Å²) in [7, 11) is 0. The minimum atomic E-state index is -0.842. The molecule has 0 aromatic heterocycles. The number of hydrogen-bond donors (Lipinski definition) is 4. The zero-order valence-corrected chi connectivity index (χ0v) is 13.9. The molecule has 1 aromatic carbocycles. The van der Waals surface area contributed by atoms with Gasteiger partial charge in [-0.15, -0.1) is 0 Å². The number of nitro benzene ring substituents is 1. The zero-order chi connectivity index (χ0) is 18.1. The summed E-state index contributed by atoms with van der Waals surface area (Å²) in [6, 6.07) is 4.84. The maximum absolute atomic E-state index is 11.4. The summed E-state index contributed by atoms with van der Waals surface area (Å²) in [4.78, 5) is 10.8. The highest BCUT2D eigenvalue weighted by atomic mass is 16.6. The van der Waals surface area contributed by atoms with Gasteiger partial charge in [0.05, 0.1) is 16.1 Å². The molecule has 0 bridgehead atoms. The number of nitro groups is 1. The van der Waals surface area contributed by atoms with Crippen LogP contribution < -0.4 is 10.6 Å². The van der Waals surface area contributed by atoms with Crippen LogP contribution in [0.5, 0.6) is 0 Å². The van der Waals surface area contributed by atoms with Crippen molar-refractivity contribution in [1.82, 2.24) is 0 Å². The van der Waals surface area contributed by atoms with E-state index >= 15 is 0 Å². The molecule has 1 aromatic rings. The Balaban J connectivity index is 1.82. The summed E-state index contributed by atoms with van der Waals surface area (Å²) < 4.78 is 0. The van der Waals surface area contributed by atoms with Gasteiger partial charge in [-0.3, -0.25) is 10.1 Å². The van der Waals surface area contributed by atoms with Crippen molar-refractivity contribution in [3.8, 4) is 6.07 Å². The van der Waals surface area contributed by atoms with Crippen molar-refractivity contribution in [3.63, 3.8) is 0 Å². The van der Waals surface area contributed by atoms with Crippen molar-refractivity contribution >= 4 is 17.1 Å². The summed E-state index contributed by atoms with van der Waals surface area (Å²) in [5.41, 5.74) is -1.20. The van der Waals surface area contributed by atoms with Gasteiger partial charge in [-0.25, -0.2) is 0 Å². The second kappa shape index (κ2) is 6.50. The van der Waals surface area contributed by atoms with Crippen molar-refractivity contribution in [2.45, 2.75) is 49.7 Å². The Hall–Kier alpha value is -2.37. The normalized spacial score (nSPS) is 19.9. The molecular formula is C17H22N4O4. The fraction of sp³-hybridized carbons (Fsp3) is 0.588. The SMILES string of the molecule is N#Cc1cc(NCC2(O)CCC2)cc(NCC2(O)CCC2)c1[N+](=O)[O-]. The molecule has 2 aliphatic carbocycles. The fourth-order valence-electron chi connectivity index (χ4n) is 3.20. The number of nitrogens with one attached hydrogen (secondary N) is 2. The predicted octanol–water partition coefficient (Wildman–Crippen LogP) is 2.12. The lowest BCUT2D eigenvalue weighted by Gasteiger charge is -2.37. The lowest BCUT2D eigenvalue weighted by atomic mass is 9.80. The molecule has 0 unspecified atom stereocenters. The largest absolute Gasteiger partial charge is 0.388 e. The molecule has 0 atom stereocenters. The van der Waals surface area contributed by atoms with Gasteiger partial charge in [-0.05, 0) is 50.7 Å². The van der Waals surface area contributed by atoms with Crippen LogP contribution >= 0.6 is 0 Å². The summed E-state index contributed by atoms with van der Waals surface area (Å²) in [6.45, 7) is 0.533. The van der Waals surface area contributed by atoms with Crippen molar-refractivity contribution in [2.75, 3.05) is 23.7 Å². The number of benzene rings is 1. The molecular weight excluding hydrogens is 324 g/mol. The lowest BCUT2D eigenvalue weighted by Crippen LogP contribution is -2.43. The first kappa shape index (κ1) is 17.5. The fourth-order valence-corrected chi connectivity index (χ4v) is 3.20. The van der Waals surface area contributed by atoms with E-state index in [1.54, 1.807) is 6.07 Å². The van der Waals surface area contributed by atoms with Crippen LogP contribution in [0.1, 0.15) is 44.1 Å². The smallest absolute Gasteiger partial charge is 0.310 e. The molecule has 134 valence electrons. The van der Waals surface area contributed by atoms with Crippen molar-refractivity contribution < 1.29 is 15.1 Å². The Morgan fingerprint density at radius 3 is 2.12 bits per heavy atom. The molecule has 0 amide bonds. The highest BCUT2D eigenvalue weighted by Crippen LogP contribution is 2.37. The van der Waals surface area contributed by atoms with Crippen LogP contribution in [0.4, 0.5) is 17.1 Å². The number of nitrogens with zero attached hydrogens (tertiary/aromatic N) is 2. The van der Waals surface area contributed by atoms with E-state index < -0.39 is 16.1 Å². The lowest BCUT2D eigenvalue weighted by molar-refractivity contribution is -0.384. The molecule has 2 aliphatic rings. The predicted molar refractivity (Wildman–Crippen MR) is 92.4 cm³/mol. The van der Waals surface area contributed by atoms with E-state index in [1.165, 1.54) is 6.07 Å². The van der Waals surface area contributed by atoms with E-state index in [0.29, 0.717) is 25.1 Å². The topological polar surface area (TPSA) is 131 Å². The molecule has 0 radical (unpaired) electrons. The number of nitriles is 1. The second-order valence-electron chi connectivity index (χ2n) is 7.15. The first-order valence-electron chi connectivity index (χ1n) is 8.49. The minimum Gasteiger partial charge on any atom is -0.388 e. The van der Waals surface area contributed by atoms with Crippen LogP contribution in [-0.4, -0.2) is 39.4 Å². The highest BCUT2D eigenvalue weighted by Gasteiger charge is 2.36. The Labute approximate surface area is 145 Å². The Bertz CT molecular complexity index is 720. The average molecular weight is 346 g/mol. The van der Waals surface area contributed by atoms with Gasteiger partial charge in [0.15, 0.2) is 0 Å². The minimum absolute atomic E-state index is 0.0568. The van der Waals surface area contributed by atoms with Gasteiger partial charge < -0.3 is 20.8 Å². The second-order valence-corrected chi connectivity index (χ2v) is 7.15. The van der Waals surface area contributed by atoms with Crippen LogP contribution in [0.2, 0.25) is 0 Å². The quantitative estimate of drug-likeness (QED) is 0.439. The zero-order valence-electron chi connectivity index (χ0n) is 13.9. The van der Waals surface area contributed by atoms with Crippen molar-refractivity contribution in [3.05, 3.63) is 27.8 Å². The molecule has 8 heteroatoms. The van der Waals surface area contributed by atoms with Crippen molar-refractivity contribution in [2.24, 2.45) is 0 Å². The van der Waals surface area contributed by atoms with Gasteiger partial charge >= 0.3 is 5.69 Å². The third-order valence-corrected chi connectivity index (χ3v) is 5.21. The molecule has 4 N–H and O–H groups in total. The Kier molecular flexibility index (Phi) is 4.54. The maximum atomic E-state index is 11.4. The molecule has 3 rings (SSSR count). The van der Waals surface area contributed by atoms with Crippen LogP contribution in [-0.2, 0) is 0 Å². The first-order valence-corrected chi connectivity index (χ1v) is 8.49. The molecule has 0 saturated heterocycles. The molecule has 2 saturated carbocycles. The van der Waals surface area contributed by atoms with Gasteiger partial charge in [0.2, 0.25) is 0 Å². The van der Waals surface area contributed by atoms with E-state index in [4.69, 9.17) is 0 Å². The summed E-state index contributed by atoms with van der Waals surface area (Å²) in [5.74, 6) is 0. The van der Waals surface area contributed by atoms with Gasteiger partial charge in [0, 0.05) is 18.8 Å². The molecule has 0 spiro atoms. The van der Waals surface area contributed by atoms with E-state index in [0.717, 1.165) is 25.7 Å². The molecule has 0 heterocycles. The number of rotatable bonds is 7. The summed E-state index contributed by atoms with van der Waals surface area (Å²) in [5, 5.41) is 47.0. The van der Waals surface area contributed by atoms with Crippen LogP contribution in [0.25, 0.3) is 0 Å². The standard InChI is InChI=1S/C17H22N4O4/c18-9-12-7-13(19-10-16(22)3-1-4-16)8-14(15(12)21(24)25)20-11-17(23)5-2-6-17/h7-8,19-20,22-23H,1-6,10-11H2. The Morgan fingerprint density at radius 2 is 1.68 bits per heavy atom. The number of hydrogen-bond acceptors (Lipinski definition) is 7. The molecule has 8 nitrogen and oxygen atoms in total. The average Bonchev–Trinajstić information content (AvgIpc) is 2.53. The first-order chi connectivity index (χ1) is 11.8. The van der Waals surface area contributed by atoms with E-state index in [9.17, 15) is 25.6 Å². The van der Waals surface area contributed by atoms with Crippen molar-refractivity contribution in [1.29, 1.82) is 5.26 Å². The summed E-state index contributed by atoms with van der Waals surface area (Å²) in [6.07, 6.45) is 4.66. The van der Waals surface area contributed by atoms with E-state index in [1.807, 2.05) is 6.07 Å². The Morgan fingerprint density at radius 1 is 1.12 bits per heavy atom. The monoisotopic (exact) mass is 346 g/mol. The van der Waals surface area contributed by atoms with Crippen LogP contribution in [0, 0.1) is 21.4 Å². The number of aliphatic hydroxyl groups is 2. The summed E-state index contributed by atoms with van der Waals surface area (Å²) >= 11 is 0.